The number of benzene rings is 1. The summed E-state index contributed by atoms with van der Waals surface area (Å²) in [4.78, 5) is 13.4. The quantitative estimate of drug-likeness (QED) is 0.610. The lowest BCUT2D eigenvalue weighted by Crippen LogP contribution is -2.27. The Bertz CT molecular complexity index is 596. The summed E-state index contributed by atoms with van der Waals surface area (Å²) in [5, 5.41) is 0.194. The van der Waals surface area contributed by atoms with E-state index < -0.39 is 0 Å². The molecule has 1 fully saturated rings. The fourth-order valence-electron chi connectivity index (χ4n) is 1.93. The lowest BCUT2D eigenvalue weighted by Gasteiger charge is -2.06. The number of nitrogens with zero attached hydrogens (tertiary/aromatic N) is 1. The first-order valence-corrected chi connectivity index (χ1v) is 6.25. The summed E-state index contributed by atoms with van der Waals surface area (Å²) < 4.78 is 15.8. The summed E-state index contributed by atoms with van der Waals surface area (Å²) >= 11 is 4.99. The predicted octanol–water partition coefficient (Wildman–Crippen LogP) is 1.92. The lowest BCUT2D eigenvalue weighted by molar-refractivity contribution is -0.122. The van der Waals surface area contributed by atoms with Gasteiger partial charge in [-0.05, 0) is 42.9 Å². The minimum absolute atomic E-state index is 0.194. The fourth-order valence-corrected chi connectivity index (χ4v) is 2.23. The maximum Gasteiger partial charge on any atom is 0.297 e. The molecule has 1 amide bonds. The van der Waals surface area contributed by atoms with Crippen LogP contribution in [0.15, 0.2) is 24.0 Å². The Morgan fingerprint density at radius 1 is 1.37 bits per heavy atom. The number of carbonyl (C=O) groups excluding carboxylic acids is 1. The molecule has 19 heavy (non-hydrogen) atoms. The van der Waals surface area contributed by atoms with Crippen LogP contribution in [0.4, 0.5) is 0 Å². The van der Waals surface area contributed by atoms with Crippen LogP contribution in [0.1, 0.15) is 12.5 Å². The molecule has 0 aliphatic carbocycles. The molecule has 1 saturated heterocycles. The van der Waals surface area contributed by atoms with Crippen LogP contribution in [0.5, 0.6) is 11.5 Å². The van der Waals surface area contributed by atoms with Gasteiger partial charge in [0.25, 0.3) is 11.1 Å². The fraction of sp³-hybridized carbons (Fsp3) is 0.231. The van der Waals surface area contributed by atoms with E-state index in [0.29, 0.717) is 18.0 Å². The van der Waals surface area contributed by atoms with Gasteiger partial charge in [-0.2, -0.15) is 0 Å². The zero-order valence-electron chi connectivity index (χ0n) is 10.2. The summed E-state index contributed by atoms with van der Waals surface area (Å²) in [7, 11) is 0. The van der Waals surface area contributed by atoms with Crippen LogP contribution in [0.2, 0.25) is 0 Å². The Labute approximate surface area is 115 Å². The third-order valence-electron chi connectivity index (χ3n) is 2.88. The van der Waals surface area contributed by atoms with Crippen molar-refractivity contribution in [1.82, 2.24) is 4.90 Å². The van der Waals surface area contributed by atoms with Crippen molar-refractivity contribution >= 4 is 29.4 Å². The minimum Gasteiger partial charge on any atom is -0.454 e. The number of hydrogen-bond acceptors (Lipinski definition) is 5. The molecule has 2 aliphatic heterocycles. The van der Waals surface area contributed by atoms with Gasteiger partial charge in [0, 0.05) is 6.54 Å². The largest absolute Gasteiger partial charge is 0.454 e. The number of hydrogen-bond donors (Lipinski definition) is 0. The maximum atomic E-state index is 12.0. The van der Waals surface area contributed by atoms with E-state index in [1.165, 1.54) is 4.90 Å². The minimum atomic E-state index is -0.217. The maximum absolute atomic E-state index is 12.0. The summed E-state index contributed by atoms with van der Waals surface area (Å²) in [6.45, 7) is 2.56. The van der Waals surface area contributed by atoms with Crippen LogP contribution in [-0.2, 0) is 9.53 Å². The summed E-state index contributed by atoms with van der Waals surface area (Å²) in [5.74, 6) is 1.37. The molecule has 1 aromatic rings. The van der Waals surface area contributed by atoms with Gasteiger partial charge in [0.05, 0.1) is 0 Å². The monoisotopic (exact) mass is 277 g/mol. The Hall–Kier alpha value is -2.08. The Morgan fingerprint density at radius 2 is 2.16 bits per heavy atom. The van der Waals surface area contributed by atoms with Gasteiger partial charge in [-0.1, -0.05) is 6.07 Å². The predicted molar refractivity (Wildman–Crippen MR) is 71.6 cm³/mol. The van der Waals surface area contributed by atoms with Crippen LogP contribution >= 0.6 is 12.2 Å². The second-order valence-corrected chi connectivity index (χ2v) is 4.39. The van der Waals surface area contributed by atoms with E-state index >= 15 is 0 Å². The smallest absolute Gasteiger partial charge is 0.297 e. The van der Waals surface area contributed by atoms with E-state index in [-0.39, 0.29) is 23.6 Å². The van der Waals surface area contributed by atoms with Gasteiger partial charge in [-0.25, -0.2) is 0 Å². The molecule has 0 atom stereocenters. The summed E-state index contributed by atoms with van der Waals surface area (Å²) in [6.07, 6.45) is 1.65. The van der Waals surface area contributed by atoms with Crippen molar-refractivity contribution in [1.29, 1.82) is 0 Å². The topological polar surface area (TPSA) is 48.0 Å². The average Bonchev–Trinajstić information content (AvgIpc) is 2.95. The van der Waals surface area contributed by atoms with Crippen molar-refractivity contribution in [3.05, 3.63) is 29.5 Å². The summed E-state index contributed by atoms with van der Waals surface area (Å²) in [5.41, 5.74) is 0.799. The van der Waals surface area contributed by atoms with Gasteiger partial charge in [0.2, 0.25) is 6.79 Å². The van der Waals surface area contributed by atoms with Crippen molar-refractivity contribution in [2.45, 2.75) is 6.92 Å². The van der Waals surface area contributed by atoms with E-state index in [0.717, 1.165) is 5.56 Å². The molecule has 0 unspecified atom stereocenters. The summed E-state index contributed by atoms with van der Waals surface area (Å²) in [6, 6.07) is 5.42. The molecule has 0 bridgehead atoms. The molecule has 0 saturated carbocycles. The zero-order chi connectivity index (χ0) is 13.4. The molecular formula is C13H11NO4S. The second-order valence-electron chi connectivity index (χ2n) is 4.04. The van der Waals surface area contributed by atoms with E-state index in [1.54, 1.807) is 18.2 Å². The van der Waals surface area contributed by atoms with Crippen molar-refractivity contribution in [3.8, 4) is 11.5 Å². The Morgan fingerprint density at radius 3 is 2.89 bits per heavy atom. The highest BCUT2D eigenvalue weighted by molar-refractivity contribution is 7.80. The number of thiocarbonyl (C=S) groups is 1. The molecule has 98 valence electrons. The van der Waals surface area contributed by atoms with Crippen molar-refractivity contribution in [2.75, 3.05) is 13.3 Å². The van der Waals surface area contributed by atoms with Crippen molar-refractivity contribution < 1.29 is 19.0 Å². The van der Waals surface area contributed by atoms with E-state index in [9.17, 15) is 4.79 Å². The average molecular weight is 277 g/mol. The molecule has 0 N–H and O–H groups in total. The van der Waals surface area contributed by atoms with Gasteiger partial charge in [-0.3, -0.25) is 9.69 Å². The van der Waals surface area contributed by atoms with Crippen LogP contribution < -0.4 is 9.47 Å². The van der Waals surface area contributed by atoms with Crippen molar-refractivity contribution in [2.24, 2.45) is 0 Å². The van der Waals surface area contributed by atoms with Crippen LogP contribution in [0.3, 0.4) is 0 Å². The Balaban J connectivity index is 1.90. The van der Waals surface area contributed by atoms with Gasteiger partial charge >= 0.3 is 0 Å². The van der Waals surface area contributed by atoms with Crippen LogP contribution in [0.25, 0.3) is 6.08 Å². The number of ether oxygens (including phenoxy) is 3. The number of fused-ring (bicyclic) bond motifs is 1. The number of rotatable bonds is 2. The molecule has 2 aliphatic rings. The number of amides is 1. The number of carbonyl (C=O) groups is 1. The molecular weight excluding hydrogens is 266 g/mol. The normalized spacial score (nSPS) is 19.2. The molecule has 0 spiro atoms. The SMILES string of the molecule is CCN1C(=O)/C(=C\c2ccc3c(c2)OCO3)OC1=S. The molecule has 5 nitrogen and oxygen atoms in total. The third kappa shape index (κ3) is 2.04. The van der Waals surface area contributed by atoms with Gasteiger partial charge < -0.3 is 14.2 Å². The first kappa shape index (κ1) is 12.0. The van der Waals surface area contributed by atoms with Gasteiger partial charge in [0.15, 0.2) is 17.3 Å². The molecule has 0 radical (unpaired) electrons. The highest BCUT2D eigenvalue weighted by Crippen LogP contribution is 2.33. The molecule has 1 aromatic carbocycles. The Kier molecular flexibility index (Phi) is 2.87. The third-order valence-corrected chi connectivity index (χ3v) is 3.19. The van der Waals surface area contributed by atoms with Gasteiger partial charge in [0.1, 0.15) is 0 Å². The second kappa shape index (κ2) is 4.55. The molecule has 0 aromatic heterocycles. The van der Waals surface area contributed by atoms with Crippen LogP contribution in [0, 0.1) is 0 Å². The van der Waals surface area contributed by atoms with E-state index in [1.807, 2.05) is 13.0 Å². The highest BCUT2D eigenvalue weighted by Gasteiger charge is 2.32. The standard InChI is InChI=1S/C13H11NO4S/c1-2-14-12(15)11(18-13(14)19)6-8-3-4-9-10(5-8)17-7-16-9/h3-6H,2,7H2,1H3/b11-6+. The first-order chi connectivity index (χ1) is 9.19. The van der Waals surface area contributed by atoms with Crippen molar-refractivity contribution in [3.63, 3.8) is 0 Å². The van der Waals surface area contributed by atoms with E-state index in [4.69, 9.17) is 26.4 Å². The molecule has 2 heterocycles. The van der Waals surface area contributed by atoms with E-state index in [2.05, 4.69) is 0 Å². The molecule has 6 heteroatoms. The highest BCUT2D eigenvalue weighted by atomic mass is 32.1. The zero-order valence-corrected chi connectivity index (χ0v) is 11.0. The van der Waals surface area contributed by atoms with Gasteiger partial charge in [-0.15, -0.1) is 0 Å². The van der Waals surface area contributed by atoms with Crippen LogP contribution in [-0.4, -0.2) is 29.3 Å². The number of likely N-dealkylation sites (N-methyl/N-ethyl adjacent to an activating group) is 1. The lowest BCUT2D eigenvalue weighted by atomic mass is 10.2. The first-order valence-electron chi connectivity index (χ1n) is 5.84. The molecule has 3 rings (SSSR count).